The van der Waals surface area contributed by atoms with E-state index < -0.39 is 0 Å². The van der Waals surface area contributed by atoms with Gasteiger partial charge in [0.2, 0.25) is 0 Å². The maximum atomic E-state index is 4.55. The molecule has 102 valence electrons. The number of hydrogen-bond acceptors (Lipinski definition) is 4. The normalized spacial score (nSPS) is 11.1. The van der Waals surface area contributed by atoms with Gasteiger partial charge in [-0.25, -0.2) is 19.2 Å². The first-order valence-corrected chi connectivity index (χ1v) is 6.59. The summed E-state index contributed by atoms with van der Waals surface area (Å²) in [4.78, 5) is 8.47. The Morgan fingerprint density at radius 1 is 1.10 bits per heavy atom. The first-order chi connectivity index (χ1) is 10.3. The molecule has 0 amide bonds. The zero-order chi connectivity index (χ0) is 14.2. The molecule has 3 aromatic heterocycles. The third-order valence-corrected chi connectivity index (χ3v) is 3.30. The fourth-order valence-electron chi connectivity index (χ4n) is 2.41. The van der Waals surface area contributed by atoms with E-state index in [1.54, 1.807) is 17.2 Å². The fraction of sp³-hybridized carbons (Fsp3) is 0.0667. The predicted octanol–water partition coefficient (Wildman–Crippen LogP) is 2.29. The van der Waals surface area contributed by atoms with Crippen LogP contribution >= 0.6 is 0 Å². The van der Waals surface area contributed by atoms with E-state index in [9.17, 15) is 0 Å². The van der Waals surface area contributed by atoms with Crippen molar-refractivity contribution < 1.29 is 0 Å². The highest BCUT2D eigenvalue weighted by Gasteiger charge is 2.14. The summed E-state index contributed by atoms with van der Waals surface area (Å²) in [6, 6.07) is 12.0. The highest BCUT2D eigenvalue weighted by Crippen LogP contribution is 2.26. The number of rotatable bonds is 2. The van der Waals surface area contributed by atoms with Gasteiger partial charge in [0.1, 0.15) is 24.0 Å². The van der Waals surface area contributed by atoms with Crippen LogP contribution in [0.5, 0.6) is 0 Å². The van der Waals surface area contributed by atoms with Gasteiger partial charge in [0.05, 0.1) is 11.9 Å². The second-order valence-electron chi connectivity index (χ2n) is 4.75. The number of fused-ring (bicyclic) bond motifs is 1. The van der Waals surface area contributed by atoms with Crippen LogP contribution in [0.4, 0.5) is 0 Å². The van der Waals surface area contributed by atoms with Gasteiger partial charge in [-0.3, -0.25) is 0 Å². The number of aromatic nitrogens is 6. The Labute approximate surface area is 120 Å². The lowest BCUT2D eigenvalue weighted by Gasteiger charge is -2.10. The molecule has 0 unspecified atom stereocenters. The molecule has 6 nitrogen and oxygen atoms in total. The highest BCUT2D eigenvalue weighted by atomic mass is 15.3. The third-order valence-electron chi connectivity index (χ3n) is 3.30. The van der Waals surface area contributed by atoms with E-state index in [1.165, 1.54) is 6.33 Å². The molecular formula is C15H12N6. The van der Waals surface area contributed by atoms with Crippen molar-refractivity contribution in [3.05, 3.63) is 60.9 Å². The zero-order valence-corrected chi connectivity index (χ0v) is 11.4. The minimum absolute atomic E-state index is 0.815. The Balaban J connectivity index is 2.10. The molecule has 0 saturated carbocycles. The van der Waals surface area contributed by atoms with Crippen LogP contribution in [0.1, 0.15) is 5.69 Å². The van der Waals surface area contributed by atoms with Crippen LogP contribution in [0.3, 0.4) is 0 Å². The minimum Gasteiger partial charge on any atom is -0.235 e. The summed E-state index contributed by atoms with van der Waals surface area (Å²) in [5, 5.41) is 8.76. The molecule has 3 heterocycles. The van der Waals surface area contributed by atoms with Crippen LogP contribution in [-0.2, 0) is 0 Å². The summed E-state index contributed by atoms with van der Waals surface area (Å²) in [6.45, 7) is 1.96. The fourth-order valence-corrected chi connectivity index (χ4v) is 2.41. The largest absolute Gasteiger partial charge is 0.235 e. The molecule has 1 aromatic carbocycles. The third kappa shape index (κ3) is 1.88. The maximum Gasteiger partial charge on any atom is 0.156 e. The predicted molar refractivity (Wildman–Crippen MR) is 78.1 cm³/mol. The first-order valence-electron chi connectivity index (χ1n) is 6.59. The van der Waals surface area contributed by atoms with Crippen LogP contribution in [0, 0.1) is 6.92 Å². The molecule has 0 aliphatic carbocycles. The van der Waals surface area contributed by atoms with Gasteiger partial charge in [-0.1, -0.05) is 30.3 Å². The van der Waals surface area contributed by atoms with Gasteiger partial charge in [-0.15, -0.1) is 0 Å². The molecule has 0 radical (unpaired) electrons. The Hall–Kier alpha value is -3.02. The molecule has 4 aromatic rings. The van der Waals surface area contributed by atoms with Crippen LogP contribution in [-0.4, -0.2) is 29.4 Å². The Kier molecular flexibility index (Phi) is 2.53. The molecule has 0 atom stereocenters. The van der Waals surface area contributed by atoms with Gasteiger partial charge in [0, 0.05) is 11.6 Å². The van der Waals surface area contributed by atoms with Crippen molar-refractivity contribution in [3.63, 3.8) is 0 Å². The molecule has 0 N–H and O–H groups in total. The molecule has 0 aliphatic rings. The van der Waals surface area contributed by atoms with E-state index in [0.717, 1.165) is 28.3 Å². The molecule has 0 aliphatic heterocycles. The molecule has 0 fully saturated rings. The molecular weight excluding hydrogens is 264 g/mol. The van der Waals surface area contributed by atoms with Crippen molar-refractivity contribution in [3.8, 4) is 16.9 Å². The summed E-state index contributed by atoms with van der Waals surface area (Å²) in [5.74, 6) is 0. The summed E-state index contributed by atoms with van der Waals surface area (Å²) in [5.41, 5.74) is 4.58. The molecule has 6 heteroatoms. The van der Waals surface area contributed by atoms with Gasteiger partial charge < -0.3 is 0 Å². The molecule has 0 spiro atoms. The van der Waals surface area contributed by atoms with E-state index in [-0.39, 0.29) is 0 Å². The summed E-state index contributed by atoms with van der Waals surface area (Å²) in [6.07, 6.45) is 4.96. The van der Waals surface area contributed by atoms with Gasteiger partial charge in [0.15, 0.2) is 5.65 Å². The van der Waals surface area contributed by atoms with Crippen LogP contribution in [0.25, 0.3) is 22.6 Å². The average molecular weight is 276 g/mol. The number of hydrogen-bond donors (Lipinski definition) is 0. The van der Waals surface area contributed by atoms with E-state index >= 15 is 0 Å². The maximum absolute atomic E-state index is 4.55. The number of aryl methyl sites for hydroxylation is 1. The molecule has 21 heavy (non-hydrogen) atoms. The van der Waals surface area contributed by atoms with E-state index in [2.05, 4.69) is 20.2 Å². The SMILES string of the molecule is Cc1cc2ncc(-n3cncn3)c(-c3ccccc3)n2n1. The van der Waals surface area contributed by atoms with Crippen molar-refractivity contribution in [2.24, 2.45) is 0 Å². The number of nitrogens with zero attached hydrogens (tertiary/aromatic N) is 6. The topological polar surface area (TPSA) is 60.9 Å². The standard InChI is InChI=1S/C15H12N6/c1-11-7-14-17-8-13(20-10-16-9-18-20)15(21(14)19-11)12-5-3-2-4-6-12/h2-10H,1H3. The summed E-state index contributed by atoms with van der Waals surface area (Å²) in [7, 11) is 0. The minimum atomic E-state index is 0.815. The Morgan fingerprint density at radius 3 is 2.71 bits per heavy atom. The van der Waals surface area contributed by atoms with Crippen molar-refractivity contribution in [1.29, 1.82) is 0 Å². The van der Waals surface area contributed by atoms with E-state index in [4.69, 9.17) is 0 Å². The number of benzene rings is 1. The second kappa shape index (κ2) is 4.52. The average Bonchev–Trinajstić information content (AvgIpc) is 3.15. The van der Waals surface area contributed by atoms with Crippen LogP contribution < -0.4 is 0 Å². The second-order valence-corrected chi connectivity index (χ2v) is 4.75. The smallest absolute Gasteiger partial charge is 0.156 e. The van der Waals surface area contributed by atoms with E-state index in [1.807, 2.05) is 47.8 Å². The quantitative estimate of drug-likeness (QED) is 0.563. The van der Waals surface area contributed by atoms with Crippen molar-refractivity contribution in [2.75, 3.05) is 0 Å². The van der Waals surface area contributed by atoms with Gasteiger partial charge in [0.25, 0.3) is 0 Å². The molecule has 0 bridgehead atoms. The van der Waals surface area contributed by atoms with Crippen molar-refractivity contribution in [2.45, 2.75) is 6.92 Å². The molecule has 4 rings (SSSR count). The molecule has 0 saturated heterocycles. The van der Waals surface area contributed by atoms with Crippen LogP contribution in [0.2, 0.25) is 0 Å². The van der Waals surface area contributed by atoms with Gasteiger partial charge in [-0.05, 0) is 6.92 Å². The zero-order valence-electron chi connectivity index (χ0n) is 11.4. The lowest BCUT2D eigenvalue weighted by atomic mass is 10.1. The highest BCUT2D eigenvalue weighted by molar-refractivity contribution is 5.71. The summed E-state index contributed by atoms with van der Waals surface area (Å²) >= 11 is 0. The Bertz CT molecular complexity index is 893. The van der Waals surface area contributed by atoms with E-state index in [0.29, 0.717) is 0 Å². The van der Waals surface area contributed by atoms with Gasteiger partial charge in [-0.2, -0.15) is 10.2 Å². The lowest BCUT2D eigenvalue weighted by molar-refractivity contribution is 0.841. The lowest BCUT2D eigenvalue weighted by Crippen LogP contribution is -2.05. The van der Waals surface area contributed by atoms with Gasteiger partial charge >= 0.3 is 0 Å². The monoisotopic (exact) mass is 276 g/mol. The van der Waals surface area contributed by atoms with Crippen LogP contribution in [0.15, 0.2) is 55.2 Å². The summed E-state index contributed by atoms with van der Waals surface area (Å²) < 4.78 is 3.55. The van der Waals surface area contributed by atoms with Crippen molar-refractivity contribution >= 4 is 5.65 Å². The first kappa shape index (κ1) is 11.8. The van der Waals surface area contributed by atoms with Crippen molar-refractivity contribution in [1.82, 2.24) is 29.4 Å². The Morgan fingerprint density at radius 2 is 1.95 bits per heavy atom.